The van der Waals surface area contributed by atoms with Crippen LogP contribution in [0.2, 0.25) is 0 Å². The summed E-state index contributed by atoms with van der Waals surface area (Å²) in [5.74, 6) is 0. The maximum absolute atomic E-state index is 4.51. The molecule has 0 aliphatic carbocycles. The largest absolute Gasteiger partial charge is 0.257 e. The molecule has 0 N–H and O–H groups in total. The number of aromatic nitrogens is 1. The Balaban J connectivity index is 2.55. The monoisotopic (exact) mass is 223 g/mol. The lowest BCUT2D eigenvalue weighted by Gasteiger charge is -2.16. The van der Waals surface area contributed by atoms with E-state index in [-0.39, 0.29) is 7.92 Å². The Hall–Kier alpha value is -0.420. The Kier molecular flexibility index (Phi) is 6.59. The Morgan fingerprint density at radius 2 is 1.73 bits per heavy atom. The van der Waals surface area contributed by atoms with Gasteiger partial charge in [0.2, 0.25) is 0 Å². The van der Waals surface area contributed by atoms with Gasteiger partial charge < -0.3 is 0 Å². The third kappa shape index (κ3) is 4.75. The van der Waals surface area contributed by atoms with E-state index in [2.05, 4.69) is 31.0 Å². The number of pyridine rings is 1. The van der Waals surface area contributed by atoms with Gasteiger partial charge in [-0.2, -0.15) is 0 Å². The van der Waals surface area contributed by atoms with Gasteiger partial charge in [0, 0.05) is 6.20 Å². The normalized spacial score (nSPS) is 10.9. The average Bonchev–Trinajstić information content (AvgIpc) is 2.30. The van der Waals surface area contributed by atoms with Gasteiger partial charge in [-0.15, -0.1) is 0 Å². The van der Waals surface area contributed by atoms with E-state index in [4.69, 9.17) is 0 Å². The molecule has 84 valence electrons. The minimum Gasteiger partial charge on any atom is -0.257 e. The molecule has 15 heavy (non-hydrogen) atoms. The van der Waals surface area contributed by atoms with Crippen molar-refractivity contribution in [1.82, 2.24) is 4.98 Å². The summed E-state index contributed by atoms with van der Waals surface area (Å²) in [5.41, 5.74) is 1.36. The van der Waals surface area contributed by atoms with E-state index >= 15 is 0 Å². The van der Waals surface area contributed by atoms with Gasteiger partial charge in [0.25, 0.3) is 0 Å². The first-order valence-corrected chi connectivity index (χ1v) is 7.75. The van der Waals surface area contributed by atoms with Gasteiger partial charge in [-0.3, -0.25) is 4.98 Å². The molecule has 1 rings (SSSR count). The van der Waals surface area contributed by atoms with Gasteiger partial charge in [0.15, 0.2) is 0 Å². The van der Waals surface area contributed by atoms with E-state index in [1.807, 2.05) is 12.3 Å². The fraction of sp³-hybridized carbons (Fsp3) is 0.615. The van der Waals surface area contributed by atoms with Crippen molar-refractivity contribution in [2.75, 3.05) is 12.3 Å². The summed E-state index contributed by atoms with van der Waals surface area (Å²) in [4.78, 5) is 4.51. The van der Waals surface area contributed by atoms with Crippen LogP contribution < -0.4 is 5.44 Å². The Morgan fingerprint density at radius 1 is 1.07 bits per heavy atom. The van der Waals surface area contributed by atoms with Crippen molar-refractivity contribution in [3.8, 4) is 0 Å². The first kappa shape index (κ1) is 12.6. The smallest absolute Gasteiger partial charge is 0.0630 e. The summed E-state index contributed by atoms with van der Waals surface area (Å²) in [6.45, 7) is 4.54. The van der Waals surface area contributed by atoms with Crippen molar-refractivity contribution < 1.29 is 0 Å². The third-order valence-corrected chi connectivity index (χ3v) is 5.16. The average molecular weight is 223 g/mol. The summed E-state index contributed by atoms with van der Waals surface area (Å²) in [6, 6.07) is 6.34. The third-order valence-electron chi connectivity index (χ3n) is 2.54. The minimum absolute atomic E-state index is 0.0213. The molecule has 0 saturated carbocycles. The maximum Gasteiger partial charge on any atom is 0.0630 e. The fourth-order valence-electron chi connectivity index (χ4n) is 1.58. The van der Waals surface area contributed by atoms with Crippen LogP contribution in [0.25, 0.3) is 0 Å². The zero-order chi connectivity index (χ0) is 10.9. The number of unbranched alkanes of at least 4 members (excludes halogenated alkanes) is 2. The number of hydrogen-bond acceptors (Lipinski definition) is 1. The van der Waals surface area contributed by atoms with Crippen molar-refractivity contribution in [1.29, 1.82) is 0 Å². The highest BCUT2D eigenvalue weighted by Crippen LogP contribution is 2.35. The van der Waals surface area contributed by atoms with Crippen LogP contribution in [0.1, 0.15) is 39.5 Å². The molecule has 1 nitrogen and oxygen atoms in total. The topological polar surface area (TPSA) is 12.9 Å². The van der Waals surface area contributed by atoms with Crippen molar-refractivity contribution in [2.45, 2.75) is 39.5 Å². The van der Waals surface area contributed by atoms with E-state index in [1.165, 1.54) is 43.4 Å². The molecule has 0 radical (unpaired) electrons. The van der Waals surface area contributed by atoms with E-state index in [0.717, 1.165) is 0 Å². The molecule has 0 atom stereocenters. The van der Waals surface area contributed by atoms with Gasteiger partial charge in [-0.1, -0.05) is 40.7 Å². The van der Waals surface area contributed by atoms with Crippen molar-refractivity contribution in [2.24, 2.45) is 0 Å². The van der Waals surface area contributed by atoms with Crippen LogP contribution in [0.15, 0.2) is 24.4 Å². The van der Waals surface area contributed by atoms with E-state index < -0.39 is 0 Å². The molecule has 0 aliphatic heterocycles. The zero-order valence-electron chi connectivity index (χ0n) is 9.95. The molecular weight excluding hydrogens is 201 g/mol. The second kappa shape index (κ2) is 7.82. The van der Waals surface area contributed by atoms with Gasteiger partial charge in [0.1, 0.15) is 0 Å². The first-order valence-electron chi connectivity index (χ1n) is 6.04. The summed E-state index contributed by atoms with van der Waals surface area (Å²) in [5, 5.41) is 0. The first-order chi connectivity index (χ1) is 7.38. The lowest BCUT2D eigenvalue weighted by Crippen LogP contribution is -2.09. The van der Waals surface area contributed by atoms with Crippen LogP contribution in [0, 0.1) is 0 Å². The lowest BCUT2D eigenvalue weighted by atomic mass is 10.4. The standard InChI is InChI=1S/C13H22NP/c1-3-5-11-15(12-6-4-2)13-9-7-8-10-14-13/h7-10H,3-6,11-12H2,1-2H3. The van der Waals surface area contributed by atoms with Gasteiger partial charge in [0.05, 0.1) is 5.44 Å². The molecule has 1 aromatic rings. The number of rotatable bonds is 7. The van der Waals surface area contributed by atoms with Crippen LogP contribution in [0.3, 0.4) is 0 Å². The molecule has 1 heterocycles. The van der Waals surface area contributed by atoms with Crippen LogP contribution in [-0.2, 0) is 0 Å². The number of hydrogen-bond donors (Lipinski definition) is 0. The molecule has 0 fully saturated rings. The van der Waals surface area contributed by atoms with Crippen molar-refractivity contribution in [3.63, 3.8) is 0 Å². The molecule has 0 spiro atoms. The van der Waals surface area contributed by atoms with Crippen LogP contribution in [-0.4, -0.2) is 17.3 Å². The Bertz CT molecular complexity index is 240. The molecule has 0 amide bonds. The lowest BCUT2D eigenvalue weighted by molar-refractivity contribution is 0.870. The molecule has 0 bridgehead atoms. The van der Waals surface area contributed by atoms with Gasteiger partial charge in [-0.25, -0.2) is 0 Å². The Morgan fingerprint density at radius 3 is 2.20 bits per heavy atom. The summed E-state index contributed by atoms with van der Waals surface area (Å²) < 4.78 is 0. The van der Waals surface area contributed by atoms with Crippen molar-refractivity contribution >= 4 is 13.4 Å². The Labute approximate surface area is 95.1 Å². The van der Waals surface area contributed by atoms with Crippen LogP contribution >= 0.6 is 7.92 Å². The molecular formula is C13H22NP. The van der Waals surface area contributed by atoms with Crippen molar-refractivity contribution in [3.05, 3.63) is 24.4 Å². The highest BCUT2D eigenvalue weighted by molar-refractivity contribution is 7.65. The van der Waals surface area contributed by atoms with Crippen LogP contribution in [0.4, 0.5) is 0 Å². The molecule has 0 aromatic carbocycles. The quantitative estimate of drug-likeness (QED) is 0.641. The van der Waals surface area contributed by atoms with E-state index in [1.54, 1.807) is 0 Å². The molecule has 2 heteroatoms. The predicted octanol–water partition coefficient (Wildman–Crippen LogP) is 3.79. The summed E-state index contributed by atoms with van der Waals surface area (Å²) in [7, 11) is 0.0213. The zero-order valence-corrected chi connectivity index (χ0v) is 10.8. The molecule has 0 saturated heterocycles. The predicted molar refractivity (Wildman–Crippen MR) is 70.3 cm³/mol. The summed E-state index contributed by atoms with van der Waals surface area (Å²) >= 11 is 0. The highest BCUT2D eigenvalue weighted by atomic mass is 31.1. The van der Waals surface area contributed by atoms with E-state index in [0.29, 0.717) is 0 Å². The minimum atomic E-state index is 0.0213. The number of nitrogens with zero attached hydrogens (tertiary/aromatic N) is 1. The van der Waals surface area contributed by atoms with Crippen LogP contribution in [0.5, 0.6) is 0 Å². The fourth-order valence-corrected chi connectivity index (χ4v) is 4.18. The maximum atomic E-state index is 4.51. The highest BCUT2D eigenvalue weighted by Gasteiger charge is 2.10. The van der Waals surface area contributed by atoms with Gasteiger partial charge in [-0.05, 0) is 37.3 Å². The second-order valence-corrected chi connectivity index (χ2v) is 6.31. The van der Waals surface area contributed by atoms with Gasteiger partial charge >= 0.3 is 0 Å². The molecule has 0 unspecified atom stereocenters. The SMILES string of the molecule is CCCCP(CCCC)c1ccccn1. The molecule has 1 aromatic heterocycles. The van der Waals surface area contributed by atoms with E-state index in [9.17, 15) is 0 Å². The molecule has 0 aliphatic rings. The second-order valence-electron chi connectivity index (χ2n) is 3.88. The summed E-state index contributed by atoms with van der Waals surface area (Å²) in [6.07, 6.45) is 9.97.